The Labute approximate surface area is 97.6 Å². The third-order valence-electron chi connectivity index (χ3n) is 3.17. The molecule has 0 aromatic heterocycles. The van der Waals surface area contributed by atoms with Crippen molar-refractivity contribution in [3.05, 3.63) is 29.8 Å². The number of ether oxygens (including phenoxy) is 2. The maximum atomic E-state index is 5.65. The van der Waals surface area contributed by atoms with Gasteiger partial charge in [0.25, 0.3) is 0 Å². The first-order valence-corrected chi connectivity index (χ1v) is 6.14. The van der Waals surface area contributed by atoms with Gasteiger partial charge in [0.05, 0.1) is 19.3 Å². The van der Waals surface area contributed by atoms with E-state index in [0.29, 0.717) is 12.0 Å². The van der Waals surface area contributed by atoms with Crippen molar-refractivity contribution < 1.29 is 9.47 Å². The summed E-state index contributed by atoms with van der Waals surface area (Å²) in [6, 6.07) is 8.46. The molecule has 2 rings (SSSR count). The standard InChI is InChI=1S/C14H20O2/c1-3-11(2)12-4-6-13(7-5-12)15-9-8-14-10-16-14/h4-7,11,14H,3,8-10H2,1-2H3. The SMILES string of the molecule is CCC(C)c1ccc(OCCC2CO2)cc1. The molecule has 0 amide bonds. The van der Waals surface area contributed by atoms with Crippen molar-refractivity contribution in [2.45, 2.75) is 38.7 Å². The molecule has 1 aromatic carbocycles. The van der Waals surface area contributed by atoms with Crippen LogP contribution in [0.3, 0.4) is 0 Å². The van der Waals surface area contributed by atoms with Crippen molar-refractivity contribution in [3.63, 3.8) is 0 Å². The summed E-state index contributed by atoms with van der Waals surface area (Å²) in [4.78, 5) is 0. The van der Waals surface area contributed by atoms with Gasteiger partial charge in [-0.15, -0.1) is 0 Å². The molecule has 0 bridgehead atoms. The van der Waals surface area contributed by atoms with Crippen molar-refractivity contribution in [2.75, 3.05) is 13.2 Å². The van der Waals surface area contributed by atoms with Gasteiger partial charge < -0.3 is 9.47 Å². The highest BCUT2D eigenvalue weighted by Crippen LogP contribution is 2.22. The fourth-order valence-electron chi connectivity index (χ4n) is 1.67. The van der Waals surface area contributed by atoms with E-state index in [0.717, 1.165) is 25.4 Å². The molecule has 0 spiro atoms. The number of rotatable bonds is 6. The predicted molar refractivity (Wildman–Crippen MR) is 65.0 cm³/mol. The monoisotopic (exact) mass is 220 g/mol. The largest absolute Gasteiger partial charge is 0.493 e. The van der Waals surface area contributed by atoms with Crippen LogP contribution in [0.2, 0.25) is 0 Å². The molecule has 1 aliphatic rings. The van der Waals surface area contributed by atoms with Gasteiger partial charge >= 0.3 is 0 Å². The molecule has 2 unspecified atom stereocenters. The van der Waals surface area contributed by atoms with Crippen LogP contribution in [-0.2, 0) is 4.74 Å². The lowest BCUT2D eigenvalue weighted by atomic mass is 9.99. The molecule has 1 saturated heterocycles. The molecule has 1 aromatic rings. The second-order valence-corrected chi connectivity index (χ2v) is 4.47. The first-order chi connectivity index (χ1) is 7.79. The Balaban J connectivity index is 1.80. The fourth-order valence-corrected chi connectivity index (χ4v) is 1.67. The Bertz CT molecular complexity index is 314. The molecular weight excluding hydrogens is 200 g/mol. The van der Waals surface area contributed by atoms with E-state index >= 15 is 0 Å². The van der Waals surface area contributed by atoms with Gasteiger partial charge in [-0.1, -0.05) is 26.0 Å². The molecule has 2 nitrogen and oxygen atoms in total. The molecule has 0 aliphatic carbocycles. The van der Waals surface area contributed by atoms with Crippen molar-refractivity contribution in [3.8, 4) is 5.75 Å². The minimum atomic E-state index is 0.458. The number of epoxide rings is 1. The van der Waals surface area contributed by atoms with Gasteiger partial charge in [-0.05, 0) is 30.0 Å². The Morgan fingerprint density at radius 2 is 2.06 bits per heavy atom. The minimum Gasteiger partial charge on any atom is -0.493 e. The summed E-state index contributed by atoms with van der Waals surface area (Å²) in [5.74, 6) is 1.60. The Morgan fingerprint density at radius 3 is 2.62 bits per heavy atom. The second-order valence-electron chi connectivity index (χ2n) is 4.47. The van der Waals surface area contributed by atoms with Crippen LogP contribution in [0.25, 0.3) is 0 Å². The van der Waals surface area contributed by atoms with E-state index in [-0.39, 0.29) is 0 Å². The van der Waals surface area contributed by atoms with Crippen LogP contribution >= 0.6 is 0 Å². The van der Waals surface area contributed by atoms with Crippen LogP contribution in [0.4, 0.5) is 0 Å². The van der Waals surface area contributed by atoms with E-state index in [2.05, 4.69) is 38.1 Å². The summed E-state index contributed by atoms with van der Waals surface area (Å²) >= 11 is 0. The van der Waals surface area contributed by atoms with E-state index in [1.165, 1.54) is 12.0 Å². The Kier molecular flexibility index (Phi) is 3.83. The third kappa shape index (κ3) is 3.24. The number of benzene rings is 1. The van der Waals surface area contributed by atoms with Gasteiger partial charge in [0.1, 0.15) is 5.75 Å². The first-order valence-electron chi connectivity index (χ1n) is 6.14. The molecule has 2 atom stereocenters. The van der Waals surface area contributed by atoms with Crippen molar-refractivity contribution in [2.24, 2.45) is 0 Å². The molecule has 1 heterocycles. The predicted octanol–water partition coefficient (Wildman–Crippen LogP) is 3.37. The molecule has 0 radical (unpaired) electrons. The lowest BCUT2D eigenvalue weighted by molar-refractivity contribution is 0.283. The maximum Gasteiger partial charge on any atom is 0.119 e. The van der Waals surface area contributed by atoms with Crippen LogP contribution in [0, 0.1) is 0 Å². The summed E-state index contributed by atoms with van der Waals surface area (Å²) in [6.07, 6.45) is 2.64. The zero-order valence-electron chi connectivity index (χ0n) is 10.1. The van der Waals surface area contributed by atoms with Gasteiger partial charge in [-0.2, -0.15) is 0 Å². The van der Waals surface area contributed by atoms with E-state index in [1.807, 2.05) is 0 Å². The van der Waals surface area contributed by atoms with Gasteiger partial charge in [0.15, 0.2) is 0 Å². The molecular formula is C14H20O2. The van der Waals surface area contributed by atoms with Gasteiger partial charge in [-0.3, -0.25) is 0 Å². The summed E-state index contributed by atoms with van der Waals surface area (Å²) in [5, 5.41) is 0. The molecule has 1 aliphatic heterocycles. The highest BCUT2D eigenvalue weighted by Gasteiger charge is 2.21. The zero-order valence-corrected chi connectivity index (χ0v) is 10.1. The third-order valence-corrected chi connectivity index (χ3v) is 3.17. The highest BCUT2D eigenvalue weighted by molar-refractivity contribution is 5.29. The molecule has 0 N–H and O–H groups in total. The van der Waals surface area contributed by atoms with Crippen molar-refractivity contribution in [1.29, 1.82) is 0 Å². The van der Waals surface area contributed by atoms with Crippen LogP contribution in [-0.4, -0.2) is 19.3 Å². The van der Waals surface area contributed by atoms with Crippen molar-refractivity contribution in [1.82, 2.24) is 0 Å². The normalized spacial score (nSPS) is 20.5. The van der Waals surface area contributed by atoms with Crippen LogP contribution in [0.5, 0.6) is 5.75 Å². The topological polar surface area (TPSA) is 21.8 Å². The van der Waals surface area contributed by atoms with Crippen molar-refractivity contribution >= 4 is 0 Å². The van der Waals surface area contributed by atoms with E-state index in [4.69, 9.17) is 9.47 Å². The molecule has 0 saturated carbocycles. The fraction of sp³-hybridized carbons (Fsp3) is 0.571. The average molecular weight is 220 g/mol. The average Bonchev–Trinajstić information content (AvgIpc) is 3.13. The smallest absolute Gasteiger partial charge is 0.119 e. The highest BCUT2D eigenvalue weighted by atomic mass is 16.6. The van der Waals surface area contributed by atoms with Crippen LogP contribution < -0.4 is 4.74 Å². The summed E-state index contributed by atoms with van der Waals surface area (Å²) in [7, 11) is 0. The lowest BCUT2D eigenvalue weighted by Gasteiger charge is -2.10. The minimum absolute atomic E-state index is 0.458. The summed E-state index contributed by atoms with van der Waals surface area (Å²) in [5.41, 5.74) is 1.39. The van der Waals surface area contributed by atoms with Crippen LogP contribution in [0.15, 0.2) is 24.3 Å². The molecule has 1 fully saturated rings. The second kappa shape index (κ2) is 5.35. The van der Waals surface area contributed by atoms with E-state index < -0.39 is 0 Å². The Morgan fingerprint density at radius 1 is 1.38 bits per heavy atom. The maximum absolute atomic E-state index is 5.65. The lowest BCUT2D eigenvalue weighted by Crippen LogP contribution is -2.01. The van der Waals surface area contributed by atoms with Gasteiger partial charge in [0, 0.05) is 6.42 Å². The Hall–Kier alpha value is -1.02. The quantitative estimate of drug-likeness (QED) is 0.686. The number of hydrogen-bond donors (Lipinski definition) is 0. The number of hydrogen-bond acceptors (Lipinski definition) is 2. The first kappa shape index (κ1) is 11.5. The molecule has 88 valence electrons. The summed E-state index contributed by atoms with van der Waals surface area (Å²) < 4.78 is 10.8. The molecule has 16 heavy (non-hydrogen) atoms. The summed E-state index contributed by atoms with van der Waals surface area (Å²) in [6.45, 7) is 6.13. The van der Waals surface area contributed by atoms with Gasteiger partial charge in [0.2, 0.25) is 0 Å². The van der Waals surface area contributed by atoms with Crippen LogP contribution in [0.1, 0.15) is 38.2 Å². The zero-order chi connectivity index (χ0) is 11.4. The van der Waals surface area contributed by atoms with Gasteiger partial charge in [-0.25, -0.2) is 0 Å². The molecule has 2 heteroatoms. The van der Waals surface area contributed by atoms with E-state index in [1.54, 1.807) is 0 Å². The van der Waals surface area contributed by atoms with E-state index in [9.17, 15) is 0 Å².